The number of ketones is 4. The van der Waals surface area contributed by atoms with Crippen LogP contribution in [0.1, 0.15) is 102 Å². The van der Waals surface area contributed by atoms with Crippen LogP contribution in [0.15, 0.2) is 91.6 Å². The Morgan fingerprint density at radius 2 is 0.617 bits per heavy atom. The van der Waals surface area contributed by atoms with Crippen molar-refractivity contribution in [3.63, 3.8) is 0 Å². The number of carbonyl (C=O) groups excluding carboxylic acids is 4. The first kappa shape index (κ1) is 62.9. The summed E-state index contributed by atoms with van der Waals surface area (Å²) < 4.78 is 0. The number of hydrogen-bond acceptors (Lipinski definition) is 14. The second-order valence-electron chi connectivity index (χ2n) is 12.9. The van der Waals surface area contributed by atoms with Crippen molar-refractivity contribution in [2.24, 2.45) is 20.0 Å². The van der Waals surface area contributed by atoms with Crippen LogP contribution in [0.4, 0.5) is 0 Å². The second kappa shape index (κ2) is 37.0. The van der Waals surface area contributed by atoms with Gasteiger partial charge in [-0.05, 0) is 112 Å². The number of fused-ring (bicyclic) bond motifs is 4. The van der Waals surface area contributed by atoms with Crippen molar-refractivity contribution < 1.29 is 130 Å². The largest absolute Gasteiger partial charge is 3.00 e. The molecular weight excluding hydrogens is 1060 g/mol. The van der Waals surface area contributed by atoms with Gasteiger partial charge < -0.3 is 30.6 Å². The van der Waals surface area contributed by atoms with Crippen LogP contribution in [0.5, 0.6) is 11.5 Å². The Morgan fingerprint density at radius 1 is 0.433 bits per heavy atom. The number of benzene rings is 2. The van der Waals surface area contributed by atoms with Crippen LogP contribution in [0.25, 0.3) is 0 Å². The first-order valence-electron chi connectivity index (χ1n) is 18.1. The first-order valence-corrected chi connectivity index (χ1v) is 18.1. The molecular formula is C44H54Gd2N4O10. The van der Waals surface area contributed by atoms with Crippen LogP contribution in [-0.2, 0) is 19.2 Å². The van der Waals surface area contributed by atoms with E-state index in [4.69, 9.17) is 0 Å². The molecule has 14 nitrogen and oxygen atoms in total. The van der Waals surface area contributed by atoms with E-state index in [2.05, 4.69) is 20.0 Å². The number of nitrogens with zero attached hydrogens (tertiary/aromatic N) is 4. The molecule has 0 N–H and O–H groups in total. The van der Waals surface area contributed by atoms with Gasteiger partial charge in [-0.2, -0.15) is 0 Å². The Morgan fingerprint density at radius 3 is 0.750 bits per heavy atom. The van der Waals surface area contributed by atoms with E-state index in [9.17, 15) is 49.8 Å². The van der Waals surface area contributed by atoms with Crippen LogP contribution in [0, 0.1) is 93.7 Å². The number of carbonyl (C=O) groups is 4. The van der Waals surface area contributed by atoms with Gasteiger partial charge in [-0.1, -0.05) is 63.5 Å². The van der Waals surface area contributed by atoms with Crippen LogP contribution >= 0.6 is 0 Å². The van der Waals surface area contributed by atoms with Crippen LogP contribution < -0.4 is 30.6 Å². The van der Waals surface area contributed by atoms with Crippen LogP contribution in [0.3, 0.4) is 0 Å². The topological polar surface area (TPSA) is 256 Å². The molecule has 0 spiro atoms. The molecule has 1 aliphatic heterocycles. The number of aryl methyl sites for hydroxylation is 2. The average Bonchev–Trinajstić information content (AvgIpc) is 3.05. The van der Waals surface area contributed by atoms with Gasteiger partial charge in [0.05, 0.1) is 0 Å². The molecule has 0 fully saturated rings. The van der Waals surface area contributed by atoms with Crippen molar-refractivity contribution >= 4 is 48.0 Å². The zero-order chi connectivity index (χ0) is 44.8. The van der Waals surface area contributed by atoms with Gasteiger partial charge in [0.1, 0.15) is 0 Å². The second-order valence-corrected chi connectivity index (χ2v) is 12.9. The molecule has 4 bridgehead atoms. The minimum Gasteiger partial charge on any atom is -0.876 e. The molecule has 0 saturated carbocycles. The monoisotopic (exact) mass is 1110 g/mol. The molecule has 2 aromatic rings. The van der Waals surface area contributed by atoms with Crippen molar-refractivity contribution in [1.82, 2.24) is 0 Å². The van der Waals surface area contributed by atoms with Crippen molar-refractivity contribution in [3.8, 4) is 11.5 Å². The quantitative estimate of drug-likeness (QED) is 0.318. The zero-order valence-electron chi connectivity index (χ0n) is 35.7. The molecule has 2 radical (unpaired) electrons. The minimum atomic E-state index is -0.187. The minimum absolute atomic E-state index is 0. The van der Waals surface area contributed by atoms with E-state index in [-0.39, 0.29) is 138 Å². The van der Waals surface area contributed by atoms with Gasteiger partial charge in [-0.15, -0.1) is 23.0 Å². The van der Waals surface area contributed by atoms with E-state index in [1.165, 1.54) is 55.4 Å². The van der Waals surface area contributed by atoms with Gasteiger partial charge in [0.25, 0.3) is 0 Å². The molecule has 0 aliphatic carbocycles. The summed E-state index contributed by atoms with van der Waals surface area (Å²) >= 11 is 0. The maximum atomic E-state index is 12.6. The summed E-state index contributed by atoms with van der Waals surface area (Å²) in [4.78, 5) is 57.4. The summed E-state index contributed by atoms with van der Waals surface area (Å²) in [6.07, 6.45) is 12.2. The predicted octanol–water partition coefficient (Wildman–Crippen LogP) is 1.98. The molecule has 16 heteroatoms. The van der Waals surface area contributed by atoms with Crippen LogP contribution in [-0.4, -0.2) is 74.2 Å². The van der Waals surface area contributed by atoms with Gasteiger partial charge in [0, 0.05) is 51.0 Å². The number of aliphatic imine (C=N–C) groups is 4. The molecule has 0 aromatic heterocycles. The van der Waals surface area contributed by atoms with Crippen LogP contribution in [0.2, 0.25) is 0 Å². The average molecular weight is 1110 g/mol. The number of rotatable bonds is 4. The van der Waals surface area contributed by atoms with E-state index >= 15 is 0 Å². The van der Waals surface area contributed by atoms with Crippen molar-refractivity contribution in [2.75, 3.05) is 26.2 Å². The Balaban J connectivity index is -0.000000425. The molecule has 0 saturated heterocycles. The van der Waals surface area contributed by atoms with Gasteiger partial charge in [0.2, 0.25) is 0 Å². The smallest absolute Gasteiger partial charge is 0.876 e. The fraction of sp³-hybridized carbons (Fsp3) is 0.364. The molecule has 326 valence electrons. The predicted molar refractivity (Wildman–Crippen MR) is 218 cm³/mol. The summed E-state index contributed by atoms with van der Waals surface area (Å²) in [7, 11) is 0. The first-order chi connectivity index (χ1) is 27.0. The summed E-state index contributed by atoms with van der Waals surface area (Å²) in [5.41, 5.74) is 4.28. The maximum Gasteiger partial charge on any atom is 3.00 e. The molecule has 0 atom stereocenters. The van der Waals surface area contributed by atoms with Gasteiger partial charge in [-0.3, -0.25) is 39.1 Å². The molecule has 0 unspecified atom stereocenters. The Kier molecular flexibility index (Phi) is 38.8. The van der Waals surface area contributed by atoms with Gasteiger partial charge in [-0.25, -0.2) is 0 Å². The standard InChI is InChI=1S/C24H28N4O2.4C5H8O2.2Gd/c1-17-9-19-13-25-5-3-7-27-15-21-11-18(2)12-22(24(21)30)16-28-8-4-6-26-14-20(10-17)23(19)29;4*1-4(6)3-5(2)7;;/h9-16,29-30H,3-8H2,1-2H3;4*3,6H,1-2H3;;/q;;;;;2*+3/p-6/b;4*4-3-;;. The third kappa shape index (κ3) is 37.2. The van der Waals surface area contributed by atoms with Gasteiger partial charge in [0.15, 0.2) is 23.1 Å². The summed E-state index contributed by atoms with van der Waals surface area (Å²) in [6, 6.07) is 7.36. The Bertz CT molecular complexity index is 1650. The fourth-order valence-electron chi connectivity index (χ4n) is 4.35. The summed E-state index contributed by atoms with van der Waals surface area (Å²) in [6.45, 7) is 16.9. The zero-order valence-corrected chi connectivity index (χ0v) is 40.3. The Labute approximate surface area is 418 Å². The van der Waals surface area contributed by atoms with E-state index in [1.807, 2.05) is 38.1 Å². The SMILES string of the molecule is CC(=O)/C=C(/C)[O-].CC(=O)/C=C(/C)[O-].CC(=O)/C=C(/C)[O-].CC(=O)/C=C(/C)[O-].Cc1cc2c([O-])c(c1)C=NCCCN=Cc1cc(C)cc(c1[O-])C=NCCCN=C2.[Gd+3].[Gd+3]. The summed E-state index contributed by atoms with van der Waals surface area (Å²) in [5.74, 6) is -1.62. The molecule has 60 heavy (non-hydrogen) atoms. The third-order valence-electron chi connectivity index (χ3n) is 6.28. The van der Waals surface area contributed by atoms with Gasteiger partial charge >= 0.3 is 79.9 Å². The third-order valence-corrected chi connectivity index (χ3v) is 6.28. The van der Waals surface area contributed by atoms with Crippen molar-refractivity contribution in [3.05, 3.63) is 105 Å². The molecule has 1 aliphatic rings. The normalized spacial score (nSPS) is 13.0. The molecule has 2 aromatic carbocycles. The van der Waals surface area contributed by atoms with Crippen molar-refractivity contribution in [1.29, 1.82) is 0 Å². The van der Waals surface area contributed by atoms with Crippen molar-refractivity contribution in [2.45, 2.75) is 82.1 Å². The van der Waals surface area contributed by atoms with E-state index < -0.39 is 0 Å². The van der Waals surface area contributed by atoms with E-state index in [1.54, 1.807) is 24.9 Å². The fourth-order valence-corrected chi connectivity index (χ4v) is 4.35. The maximum absolute atomic E-state index is 12.6. The number of allylic oxidation sites excluding steroid dienone is 8. The molecule has 1 heterocycles. The number of hydrogen-bond donors (Lipinski definition) is 0. The molecule has 3 rings (SSSR count). The Hall–Kier alpha value is -3.79. The van der Waals surface area contributed by atoms with E-state index in [0.717, 1.165) is 48.3 Å². The molecule has 0 amide bonds. The van der Waals surface area contributed by atoms with E-state index in [0.29, 0.717) is 48.4 Å². The summed E-state index contributed by atoms with van der Waals surface area (Å²) in [5, 5.41) is 65.1.